The molecular weight excluding hydrogens is 232 g/mol. The van der Waals surface area contributed by atoms with Gasteiger partial charge in [-0.15, -0.1) is 0 Å². The fraction of sp³-hybridized carbons (Fsp3) is 0.923. The third-order valence-electron chi connectivity index (χ3n) is 3.31. The van der Waals surface area contributed by atoms with Crippen LogP contribution in [0.1, 0.15) is 27.7 Å². The SMILES string of the molecule is COC(CNC(=O)[C@H]1NCCO[C@@H]1C)C(C)(C)C. The molecule has 18 heavy (non-hydrogen) atoms. The van der Waals surface area contributed by atoms with Gasteiger partial charge in [0.15, 0.2) is 0 Å². The number of nitrogens with one attached hydrogen (secondary N) is 2. The number of morpholine rings is 1. The summed E-state index contributed by atoms with van der Waals surface area (Å²) in [6.45, 7) is 10.1. The molecule has 3 atom stereocenters. The maximum Gasteiger partial charge on any atom is 0.239 e. The molecule has 106 valence electrons. The first-order valence-electron chi connectivity index (χ1n) is 6.51. The molecule has 0 spiro atoms. The number of amides is 1. The van der Waals surface area contributed by atoms with Gasteiger partial charge in [-0.2, -0.15) is 0 Å². The van der Waals surface area contributed by atoms with Crippen molar-refractivity contribution >= 4 is 5.91 Å². The highest BCUT2D eigenvalue weighted by Gasteiger charge is 2.30. The largest absolute Gasteiger partial charge is 0.379 e. The van der Waals surface area contributed by atoms with Crippen LogP contribution in [0.15, 0.2) is 0 Å². The summed E-state index contributed by atoms with van der Waals surface area (Å²) in [4.78, 5) is 12.0. The van der Waals surface area contributed by atoms with Crippen molar-refractivity contribution in [2.75, 3.05) is 26.8 Å². The zero-order valence-electron chi connectivity index (χ0n) is 12.1. The predicted octanol–water partition coefficient (Wildman–Crippen LogP) is 0.541. The first-order chi connectivity index (χ1) is 8.36. The Labute approximate surface area is 110 Å². The summed E-state index contributed by atoms with van der Waals surface area (Å²) in [6.07, 6.45) is -0.0874. The van der Waals surface area contributed by atoms with Gasteiger partial charge in [0.1, 0.15) is 6.04 Å². The number of hydrogen-bond acceptors (Lipinski definition) is 4. The van der Waals surface area contributed by atoms with Gasteiger partial charge < -0.3 is 20.1 Å². The lowest BCUT2D eigenvalue weighted by Crippen LogP contribution is -2.56. The van der Waals surface area contributed by atoms with E-state index >= 15 is 0 Å². The van der Waals surface area contributed by atoms with Crippen LogP contribution in [0.2, 0.25) is 0 Å². The molecule has 1 aliphatic rings. The van der Waals surface area contributed by atoms with Gasteiger partial charge in [-0.25, -0.2) is 0 Å². The predicted molar refractivity (Wildman–Crippen MR) is 70.5 cm³/mol. The van der Waals surface area contributed by atoms with Gasteiger partial charge in [-0.3, -0.25) is 4.79 Å². The lowest BCUT2D eigenvalue weighted by atomic mass is 9.89. The maximum atomic E-state index is 12.0. The Hall–Kier alpha value is -0.650. The van der Waals surface area contributed by atoms with Crippen molar-refractivity contribution in [2.45, 2.75) is 45.9 Å². The summed E-state index contributed by atoms with van der Waals surface area (Å²) >= 11 is 0. The second-order valence-corrected chi connectivity index (χ2v) is 5.84. The van der Waals surface area contributed by atoms with E-state index in [1.165, 1.54) is 0 Å². The minimum Gasteiger partial charge on any atom is -0.379 e. The Morgan fingerprint density at radius 2 is 2.22 bits per heavy atom. The van der Waals surface area contributed by atoms with Gasteiger partial charge in [0.05, 0.1) is 18.8 Å². The van der Waals surface area contributed by atoms with Gasteiger partial charge in [0.2, 0.25) is 5.91 Å². The average molecular weight is 258 g/mol. The molecule has 1 rings (SSSR count). The van der Waals surface area contributed by atoms with Crippen LogP contribution in [0.3, 0.4) is 0 Å². The van der Waals surface area contributed by atoms with E-state index in [2.05, 4.69) is 31.4 Å². The molecule has 1 saturated heterocycles. The van der Waals surface area contributed by atoms with Crippen molar-refractivity contribution < 1.29 is 14.3 Å². The van der Waals surface area contributed by atoms with E-state index in [4.69, 9.17) is 9.47 Å². The molecule has 0 aromatic heterocycles. The Bertz CT molecular complexity index is 276. The molecular formula is C13H26N2O3. The number of methoxy groups -OCH3 is 1. The van der Waals surface area contributed by atoms with Crippen LogP contribution < -0.4 is 10.6 Å². The van der Waals surface area contributed by atoms with Crippen LogP contribution in [-0.2, 0) is 14.3 Å². The van der Waals surface area contributed by atoms with E-state index in [-0.39, 0.29) is 29.6 Å². The van der Waals surface area contributed by atoms with Gasteiger partial charge in [-0.1, -0.05) is 20.8 Å². The molecule has 5 nitrogen and oxygen atoms in total. The van der Waals surface area contributed by atoms with Gasteiger partial charge in [-0.05, 0) is 12.3 Å². The molecule has 0 radical (unpaired) electrons. The molecule has 0 aromatic rings. The van der Waals surface area contributed by atoms with Gasteiger partial charge >= 0.3 is 0 Å². The standard InChI is InChI=1S/C13H26N2O3/c1-9-11(14-6-7-18-9)12(16)15-8-10(17-5)13(2,3)4/h9-11,14H,6-8H2,1-5H3,(H,15,16)/t9-,10?,11+/m1/s1. The van der Waals surface area contributed by atoms with E-state index < -0.39 is 0 Å². The van der Waals surface area contributed by atoms with Gasteiger partial charge in [0.25, 0.3) is 0 Å². The smallest absolute Gasteiger partial charge is 0.239 e. The normalized spacial score (nSPS) is 26.7. The molecule has 1 amide bonds. The Balaban J connectivity index is 2.44. The molecule has 5 heteroatoms. The number of ether oxygens (including phenoxy) is 2. The van der Waals surface area contributed by atoms with Crippen molar-refractivity contribution in [2.24, 2.45) is 5.41 Å². The number of carbonyl (C=O) groups excluding carboxylic acids is 1. The second-order valence-electron chi connectivity index (χ2n) is 5.84. The highest BCUT2D eigenvalue weighted by Crippen LogP contribution is 2.21. The van der Waals surface area contributed by atoms with Crippen molar-refractivity contribution in [3.63, 3.8) is 0 Å². The fourth-order valence-electron chi connectivity index (χ4n) is 2.07. The van der Waals surface area contributed by atoms with Crippen LogP contribution in [-0.4, -0.2) is 51.0 Å². The van der Waals surface area contributed by atoms with E-state index in [0.717, 1.165) is 6.54 Å². The molecule has 1 heterocycles. The lowest BCUT2D eigenvalue weighted by Gasteiger charge is -2.32. The molecule has 2 N–H and O–H groups in total. The average Bonchev–Trinajstić information content (AvgIpc) is 2.28. The zero-order chi connectivity index (χ0) is 13.8. The van der Waals surface area contributed by atoms with Crippen molar-refractivity contribution in [3.8, 4) is 0 Å². The van der Waals surface area contributed by atoms with Crippen molar-refractivity contribution in [1.82, 2.24) is 10.6 Å². The summed E-state index contributed by atoms with van der Waals surface area (Å²) in [5.74, 6) is -0.0199. The van der Waals surface area contributed by atoms with Crippen LogP contribution in [0.25, 0.3) is 0 Å². The van der Waals surface area contributed by atoms with E-state index in [1.807, 2.05) is 6.92 Å². The maximum absolute atomic E-state index is 12.0. The topological polar surface area (TPSA) is 59.6 Å². The fourth-order valence-corrected chi connectivity index (χ4v) is 2.07. The number of rotatable bonds is 4. The van der Waals surface area contributed by atoms with Crippen LogP contribution in [0.4, 0.5) is 0 Å². The molecule has 0 aliphatic carbocycles. The summed E-state index contributed by atoms with van der Waals surface area (Å²) in [5.41, 5.74) is 0.00411. The highest BCUT2D eigenvalue weighted by atomic mass is 16.5. The third-order valence-corrected chi connectivity index (χ3v) is 3.31. The minimum absolute atomic E-state index is 0.00117. The number of carbonyl (C=O) groups is 1. The van der Waals surface area contributed by atoms with Crippen LogP contribution in [0, 0.1) is 5.41 Å². The molecule has 0 aromatic carbocycles. The van der Waals surface area contributed by atoms with E-state index in [9.17, 15) is 4.79 Å². The first-order valence-corrected chi connectivity index (χ1v) is 6.51. The quantitative estimate of drug-likeness (QED) is 0.773. The van der Waals surface area contributed by atoms with E-state index in [1.54, 1.807) is 7.11 Å². The zero-order valence-corrected chi connectivity index (χ0v) is 12.1. The Kier molecular flexibility index (Phi) is 5.56. The lowest BCUT2D eigenvalue weighted by molar-refractivity contribution is -0.129. The summed E-state index contributed by atoms with van der Waals surface area (Å²) < 4.78 is 10.9. The Morgan fingerprint density at radius 1 is 1.56 bits per heavy atom. The monoisotopic (exact) mass is 258 g/mol. The van der Waals surface area contributed by atoms with Gasteiger partial charge in [0, 0.05) is 20.2 Å². The van der Waals surface area contributed by atoms with Crippen molar-refractivity contribution in [1.29, 1.82) is 0 Å². The molecule has 0 saturated carbocycles. The molecule has 1 unspecified atom stereocenters. The molecule has 1 aliphatic heterocycles. The summed E-state index contributed by atoms with van der Waals surface area (Å²) in [5, 5.41) is 6.11. The van der Waals surface area contributed by atoms with E-state index in [0.29, 0.717) is 13.2 Å². The first kappa shape index (κ1) is 15.4. The summed E-state index contributed by atoms with van der Waals surface area (Å²) in [7, 11) is 1.67. The Morgan fingerprint density at radius 3 is 2.72 bits per heavy atom. The third kappa shape index (κ3) is 4.23. The highest BCUT2D eigenvalue weighted by molar-refractivity contribution is 5.82. The second kappa shape index (κ2) is 6.50. The number of hydrogen-bond donors (Lipinski definition) is 2. The van der Waals surface area contributed by atoms with Crippen LogP contribution >= 0.6 is 0 Å². The minimum atomic E-state index is -0.267. The molecule has 1 fully saturated rings. The molecule has 0 bridgehead atoms. The van der Waals surface area contributed by atoms with Crippen LogP contribution in [0.5, 0.6) is 0 Å². The summed E-state index contributed by atoms with van der Waals surface area (Å²) in [6, 6.07) is -0.267. The van der Waals surface area contributed by atoms with Crippen molar-refractivity contribution in [3.05, 3.63) is 0 Å².